The Hall–Kier alpha value is -3.48. The smallest absolute Gasteiger partial charge is 0.323 e. The number of halogens is 1. The van der Waals surface area contributed by atoms with E-state index >= 15 is 0 Å². The number of hydrogen-bond acceptors (Lipinski definition) is 4. The van der Waals surface area contributed by atoms with Crippen LogP contribution in [0.4, 0.5) is 16.0 Å². The molecule has 0 atom stereocenters. The maximum Gasteiger partial charge on any atom is 0.323 e. The molecule has 0 aliphatic rings. The largest absolute Gasteiger partial charge is 0.324 e. The van der Waals surface area contributed by atoms with Crippen LogP contribution in [0.5, 0.6) is 0 Å². The van der Waals surface area contributed by atoms with Crippen molar-refractivity contribution in [3.05, 3.63) is 71.2 Å². The van der Waals surface area contributed by atoms with Crippen LogP contribution in [0.25, 0.3) is 22.2 Å². The lowest BCUT2D eigenvalue weighted by Crippen LogP contribution is -1.99. The third-order valence-corrected chi connectivity index (χ3v) is 3.58. The first-order valence-corrected chi connectivity index (χ1v) is 7.24. The van der Waals surface area contributed by atoms with Crippen molar-refractivity contribution in [3.8, 4) is 11.1 Å². The van der Waals surface area contributed by atoms with Gasteiger partial charge >= 0.3 is 5.69 Å². The third-order valence-electron chi connectivity index (χ3n) is 3.58. The van der Waals surface area contributed by atoms with Crippen LogP contribution in [-0.4, -0.2) is 19.9 Å². The van der Waals surface area contributed by atoms with E-state index in [1.807, 2.05) is 18.2 Å². The number of aromatic amines is 2. The Morgan fingerprint density at radius 3 is 2.50 bits per heavy atom. The van der Waals surface area contributed by atoms with Crippen LogP contribution in [-0.2, 0) is 0 Å². The van der Waals surface area contributed by atoms with E-state index in [1.165, 1.54) is 12.1 Å². The van der Waals surface area contributed by atoms with E-state index < -0.39 is 0 Å². The average molecular weight is 321 g/mol. The van der Waals surface area contributed by atoms with Gasteiger partial charge in [-0.1, -0.05) is 12.1 Å². The molecule has 0 unspecified atom stereocenters. The lowest BCUT2D eigenvalue weighted by atomic mass is 10.1. The van der Waals surface area contributed by atoms with Crippen LogP contribution >= 0.6 is 0 Å². The quantitative estimate of drug-likeness (QED) is 0.541. The van der Waals surface area contributed by atoms with Crippen LogP contribution in [0.3, 0.4) is 0 Å². The number of H-pyrrole nitrogens is 2. The highest BCUT2D eigenvalue weighted by Crippen LogP contribution is 2.22. The minimum Gasteiger partial charge on any atom is -0.324 e. The second kappa shape index (κ2) is 5.62. The first-order valence-electron chi connectivity index (χ1n) is 7.24. The zero-order chi connectivity index (χ0) is 16.5. The predicted molar refractivity (Wildman–Crippen MR) is 89.6 cm³/mol. The molecule has 2 aromatic heterocycles. The van der Waals surface area contributed by atoms with Gasteiger partial charge in [0, 0.05) is 23.6 Å². The Kier molecular flexibility index (Phi) is 3.31. The van der Waals surface area contributed by atoms with Gasteiger partial charge in [-0.15, -0.1) is 0 Å². The van der Waals surface area contributed by atoms with Gasteiger partial charge in [0.05, 0.1) is 11.0 Å². The van der Waals surface area contributed by atoms with Crippen molar-refractivity contribution in [2.24, 2.45) is 0 Å². The van der Waals surface area contributed by atoms with Gasteiger partial charge in [-0.2, -0.15) is 0 Å². The van der Waals surface area contributed by atoms with Gasteiger partial charge in [-0.05, 0) is 35.9 Å². The molecule has 3 N–H and O–H groups in total. The van der Waals surface area contributed by atoms with Crippen molar-refractivity contribution < 1.29 is 4.39 Å². The molecule has 0 saturated carbocycles. The van der Waals surface area contributed by atoms with Gasteiger partial charge in [0.25, 0.3) is 0 Å². The second-order valence-electron chi connectivity index (χ2n) is 5.27. The Morgan fingerprint density at radius 2 is 1.71 bits per heavy atom. The molecule has 4 rings (SSSR count). The molecule has 24 heavy (non-hydrogen) atoms. The van der Waals surface area contributed by atoms with Gasteiger partial charge in [0.15, 0.2) is 0 Å². The summed E-state index contributed by atoms with van der Waals surface area (Å²) in [5.41, 5.74) is 3.49. The van der Waals surface area contributed by atoms with Gasteiger partial charge in [0.2, 0.25) is 5.95 Å². The summed E-state index contributed by atoms with van der Waals surface area (Å²) in [7, 11) is 0. The van der Waals surface area contributed by atoms with Gasteiger partial charge in [0.1, 0.15) is 5.82 Å². The average Bonchev–Trinajstić information content (AvgIpc) is 2.95. The molecule has 0 aliphatic heterocycles. The van der Waals surface area contributed by atoms with Crippen LogP contribution < -0.4 is 11.0 Å². The molecule has 0 saturated heterocycles. The van der Waals surface area contributed by atoms with E-state index in [2.05, 4.69) is 25.3 Å². The van der Waals surface area contributed by atoms with E-state index in [1.54, 1.807) is 24.5 Å². The summed E-state index contributed by atoms with van der Waals surface area (Å²) in [4.78, 5) is 25.2. The topological polar surface area (TPSA) is 86.5 Å². The molecule has 0 radical (unpaired) electrons. The highest BCUT2D eigenvalue weighted by molar-refractivity contribution is 5.81. The minimum atomic E-state index is -0.328. The van der Waals surface area contributed by atoms with Crippen molar-refractivity contribution >= 4 is 22.7 Å². The summed E-state index contributed by atoms with van der Waals surface area (Å²) in [5.74, 6) is 0.0471. The molecule has 6 nitrogen and oxygen atoms in total. The zero-order valence-corrected chi connectivity index (χ0v) is 12.4. The lowest BCUT2D eigenvalue weighted by molar-refractivity contribution is 0.628. The molecular weight excluding hydrogens is 309 g/mol. The number of imidazole rings is 1. The molecule has 7 heteroatoms. The first kappa shape index (κ1) is 14.1. The van der Waals surface area contributed by atoms with Crippen LogP contribution in [0, 0.1) is 5.82 Å². The number of nitrogens with zero attached hydrogens (tertiary/aromatic N) is 2. The molecule has 118 valence electrons. The highest BCUT2D eigenvalue weighted by atomic mass is 19.1. The van der Waals surface area contributed by atoms with Gasteiger partial charge in [-0.25, -0.2) is 19.2 Å². The number of fused-ring (bicyclic) bond motifs is 1. The molecule has 0 amide bonds. The number of anilines is 2. The molecule has 4 aromatic rings. The minimum absolute atomic E-state index is 0.243. The summed E-state index contributed by atoms with van der Waals surface area (Å²) in [5, 5.41) is 2.94. The van der Waals surface area contributed by atoms with Crippen LogP contribution in [0.1, 0.15) is 0 Å². The van der Waals surface area contributed by atoms with Crippen molar-refractivity contribution in [2.45, 2.75) is 0 Å². The van der Waals surface area contributed by atoms with Gasteiger partial charge < -0.3 is 15.3 Å². The molecule has 0 bridgehead atoms. The highest BCUT2D eigenvalue weighted by Gasteiger charge is 2.04. The second-order valence-corrected chi connectivity index (χ2v) is 5.27. The first-order chi connectivity index (χ1) is 11.7. The molecule has 0 aliphatic carbocycles. The van der Waals surface area contributed by atoms with Crippen molar-refractivity contribution in [3.63, 3.8) is 0 Å². The number of benzene rings is 2. The Bertz CT molecular complexity index is 1070. The number of hydrogen-bond donors (Lipinski definition) is 3. The van der Waals surface area contributed by atoms with E-state index in [0.29, 0.717) is 11.6 Å². The zero-order valence-electron chi connectivity index (χ0n) is 12.4. The standard InChI is InChI=1S/C17H12FN5O/c18-12-2-1-3-13(7-12)21-16-19-8-11(9-20-16)10-4-5-14-15(6-10)23-17(24)22-14/h1-9H,(H,19,20,21)(H2,22,23,24). The van der Waals surface area contributed by atoms with E-state index in [-0.39, 0.29) is 11.5 Å². The summed E-state index contributed by atoms with van der Waals surface area (Å²) < 4.78 is 13.2. The van der Waals surface area contributed by atoms with Crippen molar-refractivity contribution in [1.82, 2.24) is 19.9 Å². The van der Waals surface area contributed by atoms with Crippen LogP contribution in [0.15, 0.2) is 59.7 Å². The molecule has 2 aromatic carbocycles. The summed E-state index contributed by atoms with van der Waals surface area (Å²) >= 11 is 0. The molecule has 0 fully saturated rings. The Morgan fingerprint density at radius 1 is 0.917 bits per heavy atom. The van der Waals surface area contributed by atoms with E-state index in [0.717, 1.165) is 22.2 Å². The predicted octanol–water partition coefficient (Wildman–Crippen LogP) is 3.20. The normalized spacial score (nSPS) is 10.9. The van der Waals surface area contributed by atoms with Crippen LogP contribution in [0.2, 0.25) is 0 Å². The number of aromatic nitrogens is 4. The van der Waals surface area contributed by atoms with E-state index in [9.17, 15) is 9.18 Å². The maximum atomic E-state index is 13.2. The SMILES string of the molecule is O=c1[nH]c2ccc(-c3cnc(Nc4cccc(F)c4)nc3)cc2[nH]1. The Labute approximate surface area is 135 Å². The fraction of sp³-hybridized carbons (Fsp3) is 0. The van der Waals surface area contributed by atoms with Crippen molar-refractivity contribution in [2.75, 3.05) is 5.32 Å². The number of nitrogens with one attached hydrogen (secondary N) is 3. The molecule has 0 spiro atoms. The number of rotatable bonds is 3. The summed E-state index contributed by atoms with van der Waals surface area (Å²) in [6, 6.07) is 11.6. The fourth-order valence-corrected chi connectivity index (χ4v) is 2.45. The summed E-state index contributed by atoms with van der Waals surface area (Å²) in [6.45, 7) is 0. The maximum absolute atomic E-state index is 13.2. The molecular formula is C17H12FN5O. The monoisotopic (exact) mass is 321 g/mol. The molecule has 2 heterocycles. The van der Waals surface area contributed by atoms with Gasteiger partial charge in [-0.3, -0.25) is 0 Å². The van der Waals surface area contributed by atoms with E-state index in [4.69, 9.17) is 0 Å². The summed E-state index contributed by atoms with van der Waals surface area (Å²) in [6.07, 6.45) is 3.33. The lowest BCUT2D eigenvalue weighted by Gasteiger charge is -2.06. The third kappa shape index (κ3) is 2.74. The van der Waals surface area contributed by atoms with Crippen molar-refractivity contribution in [1.29, 1.82) is 0 Å². The fourth-order valence-electron chi connectivity index (χ4n) is 2.45. The Balaban J connectivity index is 1.61.